The van der Waals surface area contributed by atoms with E-state index in [1.165, 1.54) is 198 Å². The van der Waals surface area contributed by atoms with Gasteiger partial charge in [-0.05, 0) is 259 Å². The summed E-state index contributed by atoms with van der Waals surface area (Å²) in [6.07, 6.45) is 13.0. The summed E-state index contributed by atoms with van der Waals surface area (Å²) in [6, 6.07) is 35.0. The molecule has 7 aromatic rings. The lowest BCUT2D eigenvalue weighted by Crippen LogP contribution is -2.17. The van der Waals surface area contributed by atoms with Crippen LogP contribution < -0.4 is 9.80 Å². The van der Waals surface area contributed by atoms with Crippen molar-refractivity contribution >= 4 is 55.7 Å². The van der Waals surface area contributed by atoms with E-state index in [0.717, 1.165) is 0 Å². The molecule has 0 N–H and O–H groups in total. The van der Waals surface area contributed by atoms with Gasteiger partial charge in [-0.2, -0.15) is 0 Å². The molecular weight excluding hydrogens is 773 g/mol. The molecule has 0 saturated heterocycles. The fraction of sp³-hybridized carbons (Fsp3) is 0.387. The first kappa shape index (κ1) is 43.9. The molecule has 2 aliphatic rings. The van der Waals surface area contributed by atoms with Crippen molar-refractivity contribution in [3.8, 4) is 0 Å². The first-order valence-corrected chi connectivity index (χ1v) is 24.6. The second-order valence-electron chi connectivity index (χ2n) is 20.5. The Bertz CT molecular complexity index is 2520. The van der Waals surface area contributed by atoms with Crippen LogP contribution in [0.2, 0.25) is 0 Å². The van der Waals surface area contributed by atoms with Crippen molar-refractivity contribution in [1.82, 2.24) is 0 Å². The molecule has 0 aromatic heterocycles. The first-order valence-electron chi connectivity index (χ1n) is 24.6. The smallest absolute Gasteiger partial charge is 0.0620 e. The Kier molecular flexibility index (Phi) is 12.0. The largest absolute Gasteiger partial charge is 0.309 e. The van der Waals surface area contributed by atoms with E-state index in [9.17, 15) is 0 Å². The highest BCUT2D eigenvalue weighted by molar-refractivity contribution is 6.23. The van der Waals surface area contributed by atoms with Crippen LogP contribution >= 0.6 is 0 Å². The van der Waals surface area contributed by atoms with Gasteiger partial charge in [-0.3, -0.25) is 0 Å². The van der Waals surface area contributed by atoms with Crippen molar-refractivity contribution in [2.24, 2.45) is 0 Å². The zero-order valence-corrected chi connectivity index (χ0v) is 41.2. The van der Waals surface area contributed by atoms with Crippen LogP contribution in [-0.4, -0.2) is 0 Å². The van der Waals surface area contributed by atoms with E-state index in [2.05, 4.69) is 178 Å². The average molecular weight is 845 g/mol. The Morgan fingerprint density at radius 1 is 0.297 bits per heavy atom. The van der Waals surface area contributed by atoms with Gasteiger partial charge in [0.1, 0.15) is 0 Å². The van der Waals surface area contributed by atoms with Crippen molar-refractivity contribution in [3.05, 3.63) is 163 Å². The van der Waals surface area contributed by atoms with Gasteiger partial charge in [0.05, 0.1) is 11.4 Å². The summed E-state index contributed by atoms with van der Waals surface area (Å²) in [5.41, 5.74) is 26.6. The third kappa shape index (κ3) is 7.94. The zero-order valence-electron chi connectivity index (χ0n) is 41.2. The average Bonchev–Trinajstić information content (AvgIpc) is 3.29. The van der Waals surface area contributed by atoms with E-state index in [4.69, 9.17) is 0 Å². The van der Waals surface area contributed by atoms with Crippen molar-refractivity contribution in [2.45, 2.75) is 159 Å². The highest BCUT2D eigenvalue weighted by Gasteiger charge is 2.29. The monoisotopic (exact) mass is 845 g/mol. The highest BCUT2D eigenvalue weighted by atomic mass is 15.2. The van der Waals surface area contributed by atoms with Crippen LogP contribution in [0.5, 0.6) is 0 Å². The van der Waals surface area contributed by atoms with Gasteiger partial charge in [-0.15, -0.1) is 0 Å². The van der Waals surface area contributed by atoms with Crippen molar-refractivity contribution in [3.63, 3.8) is 0 Å². The van der Waals surface area contributed by atoms with Gasteiger partial charge in [0, 0.05) is 44.3 Å². The Balaban J connectivity index is 1.49. The maximum absolute atomic E-state index is 2.66. The van der Waals surface area contributed by atoms with Gasteiger partial charge >= 0.3 is 0 Å². The van der Waals surface area contributed by atoms with Crippen LogP contribution in [-0.2, 0) is 0 Å². The first-order chi connectivity index (χ1) is 30.7. The fourth-order valence-electron chi connectivity index (χ4n) is 11.5. The fourth-order valence-corrected chi connectivity index (χ4v) is 11.5. The standard InChI is InChI=1S/C62H72N2/c1-37-27-53(28-38(2)45(37)9)63(54-29-39(3)46(10)40(4)30-54)61-57-25-23-52(50-21-17-14-18-22-50)36-60(57)62(58-26-24-51(35-59(58)61)49-19-15-13-16-20-49)64(55-31-41(5)47(11)42(6)32-55)56-33-43(7)48(12)44(8)34-56/h23-36,49-50H,13-22H2,1-12H3. The summed E-state index contributed by atoms with van der Waals surface area (Å²) >= 11 is 0. The van der Waals surface area contributed by atoms with Gasteiger partial charge < -0.3 is 9.80 Å². The summed E-state index contributed by atoms with van der Waals surface area (Å²) in [4.78, 5) is 5.31. The number of aryl methyl sites for hydroxylation is 8. The van der Waals surface area contributed by atoms with E-state index in [1.807, 2.05) is 0 Å². The van der Waals surface area contributed by atoms with E-state index in [-0.39, 0.29) is 0 Å². The molecule has 2 nitrogen and oxygen atoms in total. The molecular formula is C62H72N2. The molecule has 0 bridgehead atoms. The minimum Gasteiger partial charge on any atom is -0.309 e. The van der Waals surface area contributed by atoms with Crippen molar-refractivity contribution in [1.29, 1.82) is 0 Å². The van der Waals surface area contributed by atoms with Crippen LogP contribution in [0.4, 0.5) is 34.1 Å². The lowest BCUT2D eigenvalue weighted by atomic mass is 9.81. The molecule has 0 atom stereocenters. The Labute approximate surface area is 385 Å². The number of hydrogen-bond acceptors (Lipinski definition) is 2. The van der Waals surface area contributed by atoms with Gasteiger partial charge in [-0.25, -0.2) is 0 Å². The van der Waals surface area contributed by atoms with E-state index < -0.39 is 0 Å². The minimum absolute atomic E-state index is 0.570. The van der Waals surface area contributed by atoms with Gasteiger partial charge in [0.2, 0.25) is 0 Å². The highest BCUT2D eigenvalue weighted by Crippen LogP contribution is 2.54. The number of benzene rings is 7. The molecule has 2 fully saturated rings. The summed E-state index contributed by atoms with van der Waals surface area (Å²) in [6.45, 7) is 27.5. The second-order valence-corrected chi connectivity index (χ2v) is 20.5. The molecule has 7 aromatic carbocycles. The molecule has 2 saturated carbocycles. The molecule has 330 valence electrons. The van der Waals surface area contributed by atoms with Crippen molar-refractivity contribution < 1.29 is 0 Å². The van der Waals surface area contributed by atoms with Crippen LogP contribution in [0.1, 0.15) is 154 Å². The molecule has 0 spiro atoms. The molecule has 0 radical (unpaired) electrons. The molecule has 9 rings (SSSR count). The van der Waals surface area contributed by atoms with E-state index in [1.54, 1.807) is 0 Å². The Morgan fingerprint density at radius 3 is 0.797 bits per heavy atom. The Morgan fingerprint density at radius 2 is 0.547 bits per heavy atom. The molecule has 64 heavy (non-hydrogen) atoms. The van der Waals surface area contributed by atoms with Gasteiger partial charge in [0.15, 0.2) is 0 Å². The summed E-state index contributed by atoms with van der Waals surface area (Å²) < 4.78 is 0. The maximum Gasteiger partial charge on any atom is 0.0620 e. The molecule has 0 aliphatic heterocycles. The number of hydrogen-bond donors (Lipinski definition) is 0. The SMILES string of the molecule is Cc1cc(N(c2cc(C)c(C)c(C)c2)c2c3ccc(C4CCCCC4)cc3c(N(c3cc(C)c(C)c(C)c3)c3cc(C)c(C)c(C)c3)c3ccc(C4CCCCC4)cc23)cc(C)c1C. The van der Waals surface area contributed by atoms with Gasteiger partial charge in [0.25, 0.3) is 0 Å². The summed E-state index contributed by atoms with van der Waals surface area (Å²) in [7, 11) is 0. The van der Waals surface area contributed by atoms with Gasteiger partial charge in [-0.1, -0.05) is 62.8 Å². The molecule has 2 heteroatoms. The zero-order chi connectivity index (χ0) is 45.1. The topological polar surface area (TPSA) is 6.48 Å². The van der Waals surface area contributed by atoms with Crippen LogP contribution in [0.3, 0.4) is 0 Å². The van der Waals surface area contributed by atoms with E-state index >= 15 is 0 Å². The summed E-state index contributed by atoms with van der Waals surface area (Å²) in [5, 5.41) is 5.27. The molecule has 0 amide bonds. The third-order valence-electron chi connectivity index (χ3n) is 16.4. The van der Waals surface area contributed by atoms with Crippen LogP contribution in [0.15, 0.2) is 84.9 Å². The van der Waals surface area contributed by atoms with Crippen molar-refractivity contribution in [2.75, 3.05) is 9.80 Å². The quantitative estimate of drug-likeness (QED) is 0.111. The number of rotatable bonds is 8. The predicted octanol–water partition coefficient (Wildman–Crippen LogP) is 18.7. The molecule has 0 unspecified atom stereocenters. The number of nitrogens with zero attached hydrogens (tertiary/aromatic N) is 2. The lowest BCUT2D eigenvalue weighted by Gasteiger charge is -2.35. The normalized spacial score (nSPS) is 15.1. The van der Waals surface area contributed by atoms with E-state index in [0.29, 0.717) is 11.8 Å². The molecule has 0 heterocycles. The summed E-state index contributed by atoms with van der Waals surface area (Å²) in [5.74, 6) is 1.14. The predicted molar refractivity (Wildman–Crippen MR) is 279 cm³/mol. The molecule has 2 aliphatic carbocycles. The number of fused-ring (bicyclic) bond motifs is 2. The lowest BCUT2D eigenvalue weighted by molar-refractivity contribution is 0.444. The second kappa shape index (κ2) is 17.6. The Hall–Kier alpha value is -5.34. The maximum atomic E-state index is 2.66. The minimum atomic E-state index is 0.570. The van der Waals surface area contributed by atoms with Crippen LogP contribution in [0, 0.1) is 83.1 Å². The van der Waals surface area contributed by atoms with Crippen LogP contribution in [0.25, 0.3) is 21.5 Å². The third-order valence-corrected chi connectivity index (χ3v) is 16.4. The number of anilines is 6.